The summed E-state index contributed by atoms with van der Waals surface area (Å²) in [5.41, 5.74) is 3.83. The molecular formula is C26H28N4O3. The third-order valence-electron chi connectivity index (χ3n) is 5.30. The lowest BCUT2D eigenvalue weighted by Gasteiger charge is -2.29. The number of pyridine rings is 1. The second-order valence-electron chi connectivity index (χ2n) is 8.99. The summed E-state index contributed by atoms with van der Waals surface area (Å²) in [6, 6.07) is 18.7. The van der Waals surface area contributed by atoms with E-state index in [4.69, 9.17) is 4.74 Å². The third-order valence-corrected chi connectivity index (χ3v) is 5.30. The lowest BCUT2D eigenvalue weighted by molar-refractivity contribution is 0.0569. The van der Waals surface area contributed by atoms with Crippen molar-refractivity contribution < 1.29 is 14.3 Å². The van der Waals surface area contributed by atoms with E-state index >= 15 is 0 Å². The summed E-state index contributed by atoms with van der Waals surface area (Å²) in [4.78, 5) is 31.2. The van der Waals surface area contributed by atoms with Crippen molar-refractivity contribution in [1.29, 1.82) is 0 Å². The summed E-state index contributed by atoms with van der Waals surface area (Å²) < 4.78 is 5.70. The van der Waals surface area contributed by atoms with Crippen LogP contribution in [0, 0.1) is 0 Å². The van der Waals surface area contributed by atoms with Crippen LogP contribution in [-0.2, 0) is 17.7 Å². The van der Waals surface area contributed by atoms with Gasteiger partial charge in [0.1, 0.15) is 5.60 Å². The summed E-state index contributed by atoms with van der Waals surface area (Å²) in [5.74, 6) is 0. The molecule has 3 aromatic rings. The van der Waals surface area contributed by atoms with Crippen molar-refractivity contribution in [3.63, 3.8) is 0 Å². The number of carbonyl (C=O) groups excluding carboxylic acids is 2. The van der Waals surface area contributed by atoms with Gasteiger partial charge in [-0.2, -0.15) is 0 Å². The molecule has 2 N–H and O–H groups in total. The molecule has 0 saturated heterocycles. The predicted octanol–water partition coefficient (Wildman–Crippen LogP) is 5.44. The number of rotatable bonds is 4. The van der Waals surface area contributed by atoms with Gasteiger partial charge in [0.2, 0.25) is 0 Å². The highest BCUT2D eigenvalue weighted by Crippen LogP contribution is 2.42. The smallest absolute Gasteiger partial charge is 0.415 e. The molecule has 1 aliphatic rings. The van der Waals surface area contributed by atoms with E-state index in [1.807, 2.05) is 75.4 Å². The normalized spacial score (nSPS) is 15.0. The second kappa shape index (κ2) is 9.32. The number of ether oxygens (including phenoxy) is 1. The largest absolute Gasteiger partial charge is 0.443 e. The van der Waals surface area contributed by atoms with Crippen molar-refractivity contribution >= 4 is 23.5 Å². The fourth-order valence-electron chi connectivity index (χ4n) is 3.87. The maximum atomic E-state index is 13.1. The van der Waals surface area contributed by atoms with Gasteiger partial charge < -0.3 is 15.4 Å². The summed E-state index contributed by atoms with van der Waals surface area (Å²) in [5, 5.41) is 5.72. The van der Waals surface area contributed by atoms with Gasteiger partial charge in [-0.3, -0.25) is 9.88 Å². The standard InChI is InChI=1S/C26H28N4O3/c1-26(2,3)33-25(32)30-22-10-9-21(29-24(31)28-17-18-11-13-27-14-12-18)15-20(22)16-23(30)19-7-5-4-6-8-19/h4-15,23H,16-17H2,1-3H3,(H2,28,29,31). The van der Waals surface area contributed by atoms with E-state index in [0.717, 1.165) is 22.4 Å². The zero-order valence-corrected chi connectivity index (χ0v) is 19.0. The molecule has 0 fully saturated rings. The van der Waals surface area contributed by atoms with E-state index in [-0.39, 0.29) is 18.2 Å². The molecule has 1 aromatic heterocycles. The number of carbonyl (C=O) groups is 2. The van der Waals surface area contributed by atoms with Crippen LogP contribution >= 0.6 is 0 Å². The lowest BCUT2D eigenvalue weighted by Crippen LogP contribution is -2.37. The van der Waals surface area contributed by atoms with E-state index in [1.54, 1.807) is 23.4 Å². The number of nitrogens with one attached hydrogen (secondary N) is 2. The molecule has 2 heterocycles. The first-order chi connectivity index (χ1) is 15.8. The molecule has 3 amide bonds. The van der Waals surface area contributed by atoms with Crippen molar-refractivity contribution in [3.05, 3.63) is 89.7 Å². The predicted molar refractivity (Wildman–Crippen MR) is 128 cm³/mol. The molecule has 2 aromatic carbocycles. The summed E-state index contributed by atoms with van der Waals surface area (Å²) >= 11 is 0. The molecule has 7 nitrogen and oxygen atoms in total. The Morgan fingerprint density at radius 2 is 1.79 bits per heavy atom. The van der Waals surface area contributed by atoms with Crippen LogP contribution in [0.2, 0.25) is 0 Å². The molecule has 0 radical (unpaired) electrons. The fourth-order valence-corrected chi connectivity index (χ4v) is 3.87. The first-order valence-electron chi connectivity index (χ1n) is 10.9. The summed E-state index contributed by atoms with van der Waals surface area (Å²) in [7, 11) is 0. The van der Waals surface area contributed by atoms with Gasteiger partial charge >= 0.3 is 12.1 Å². The van der Waals surface area contributed by atoms with Crippen molar-refractivity contribution in [2.45, 2.75) is 45.4 Å². The first-order valence-corrected chi connectivity index (χ1v) is 10.9. The topological polar surface area (TPSA) is 83.6 Å². The highest BCUT2D eigenvalue weighted by molar-refractivity contribution is 5.94. The molecule has 0 aliphatic carbocycles. The van der Waals surface area contributed by atoms with E-state index in [1.165, 1.54) is 0 Å². The van der Waals surface area contributed by atoms with E-state index in [0.29, 0.717) is 18.7 Å². The second-order valence-corrected chi connectivity index (χ2v) is 8.99. The molecule has 0 bridgehead atoms. The van der Waals surface area contributed by atoms with E-state index in [9.17, 15) is 9.59 Å². The Morgan fingerprint density at radius 1 is 1.06 bits per heavy atom. The van der Waals surface area contributed by atoms with Gasteiger partial charge in [0, 0.05) is 24.6 Å². The van der Waals surface area contributed by atoms with E-state index in [2.05, 4.69) is 15.6 Å². The minimum Gasteiger partial charge on any atom is -0.443 e. The van der Waals surface area contributed by atoms with Crippen LogP contribution in [0.5, 0.6) is 0 Å². The molecule has 0 spiro atoms. The van der Waals surface area contributed by atoms with Gasteiger partial charge in [-0.25, -0.2) is 9.59 Å². The molecule has 170 valence electrons. The quantitative estimate of drug-likeness (QED) is 0.561. The fraction of sp³-hybridized carbons (Fsp3) is 0.269. The molecule has 4 rings (SSSR count). The van der Waals surface area contributed by atoms with Crippen LogP contribution in [0.3, 0.4) is 0 Å². The average Bonchev–Trinajstić information content (AvgIpc) is 3.17. The van der Waals surface area contributed by atoms with Crippen LogP contribution in [0.1, 0.15) is 43.5 Å². The minimum atomic E-state index is -0.602. The first kappa shape index (κ1) is 22.3. The van der Waals surface area contributed by atoms with Gasteiger partial charge in [-0.05, 0) is 74.2 Å². The molecule has 33 heavy (non-hydrogen) atoms. The monoisotopic (exact) mass is 444 g/mol. The average molecular weight is 445 g/mol. The Kier molecular flexibility index (Phi) is 6.31. The van der Waals surface area contributed by atoms with Crippen molar-refractivity contribution in [3.8, 4) is 0 Å². The Morgan fingerprint density at radius 3 is 2.48 bits per heavy atom. The zero-order valence-electron chi connectivity index (χ0n) is 19.0. The molecule has 1 aliphatic heterocycles. The molecule has 1 atom stereocenters. The van der Waals surface area contributed by atoms with Crippen LogP contribution in [-0.4, -0.2) is 22.7 Å². The molecule has 1 unspecified atom stereocenters. The number of hydrogen-bond acceptors (Lipinski definition) is 4. The van der Waals surface area contributed by atoms with Crippen LogP contribution in [0.25, 0.3) is 0 Å². The number of fused-ring (bicyclic) bond motifs is 1. The number of aromatic nitrogens is 1. The number of amides is 3. The third kappa shape index (κ3) is 5.49. The van der Waals surface area contributed by atoms with Gasteiger partial charge in [-0.15, -0.1) is 0 Å². The number of anilines is 2. The Hall–Kier alpha value is -3.87. The lowest BCUT2D eigenvalue weighted by atomic mass is 10.0. The van der Waals surface area contributed by atoms with E-state index < -0.39 is 5.60 Å². The highest BCUT2D eigenvalue weighted by Gasteiger charge is 2.37. The number of hydrogen-bond donors (Lipinski definition) is 2. The van der Waals surface area contributed by atoms with Crippen LogP contribution in [0.4, 0.5) is 21.0 Å². The van der Waals surface area contributed by atoms with Gasteiger partial charge in [0.05, 0.1) is 11.7 Å². The number of benzene rings is 2. The summed E-state index contributed by atoms with van der Waals surface area (Å²) in [6.45, 7) is 5.98. The Bertz CT molecular complexity index is 1130. The van der Waals surface area contributed by atoms with Gasteiger partial charge in [0.25, 0.3) is 0 Å². The zero-order chi connectivity index (χ0) is 23.4. The van der Waals surface area contributed by atoms with Crippen LogP contribution < -0.4 is 15.5 Å². The maximum absolute atomic E-state index is 13.1. The highest BCUT2D eigenvalue weighted by atomic mass is 16.6. The van der Waals surface area contributed by atoms with Crippen LogP contribution in [0.15, 0.2) is 73.1 Å². The molecule has 7 heteroatoms. The maximum Gasteiger partial charge on any atom is 0.415 e. The minimum absolute atomic E-state index is 0.174. The Balaban J connectivity index is 1.52. The molecule has 0 saturated carbocycles. The Labute approximate surface area is 193 Å². The SMILES string of the molecule is CC(C)(C)OC(=O)N1c2ccc(NC(=O)NCc3ccncc3)cc2CC1c1ccccc1. The summed E-state index contributed by atoms with van der Waals surface area (Å²) in [6.07, 6.45) is 3.63. The molecular weight excluding hydrogens is 416 g/mol. The number of urea groups is 1. The van der Waals surface area contributed by atoms with Crippen molar-refractivity contribution in [1.82, 2.24) is 10.3 Å². The van der Waals surface area contributed by atoms with Crippen molar-refractivity contribution in [2.24, 2.45) is 0 Å². The van der Waals surface area contributed by atoms with Gasteiger partial charge in [0.15, 0.2) is 0 Å². The van der Waals surface area contributed by atoms with Crippen molar-refractivity contribution in [2.75, 3.05) is 10.2 Å². The van der Waals surface area contributed by atoms with Gasteiger partial charge in [-0.1, -0.05) is 30.3 Å². The number of nitrogens with zero attached hydrogens (tertiary/aromatic N) is 2.